The van der Waals surface area contributed by atoms with E-state index in [1.165, 1.54) is 16.7 Å². The van der Waals surface area contributed by atoms with Crippen LogP contribution in [-0.4, -0.2) is 41.2 Å². The zero-order valence-electron chi connectivity index (χ0n) is 7.20. The summed E-state index contributed by atoms with van der Waals surface area (Å²) in [5.41, 5.74) is 0. The average molecular weight is 202 g/mol. The van der Waals surface area contributed by atoms with Gasteiger partial charge in [0.15, 0.2) is 0 Å². The summed E-state index contributed by atoms with van der Waals surface area (Å²) >= 11 is 6.29. The van der Waals surface area contributed by atoms with Crippen LogP contribution in [0.4, 0.5) is 0 Å². The minimum Gasteiger partial charge on any atom is -0.382 e. The third-order valence-corrected chi connectivity index (χ3v) is 2.83. The molecule has 1 rings (SSSR count). The summed E-state index contributed by atoms with van der Waals surface area (Å²) in [6.07, 6.45) is 1.78. The van der Waals surface area contributed by atoms with Crippen molar-refractivity contribution in [2.24, 2.45) is 0 Å². The molecule has 0 aromatic carbocycles. The maximum Gasteiger partial charge on any atom is 0.267 e. The minimum absolute atomic E-state index is 0.0151. The highest BCUT2D eigenvalue weighted by molar-refractivity contribution is 8.26. The first-order chi connectivity index (χ1) is 5.52. The molecule has 5 heteroatoms. The molecule has 3 nitrogen and oxygen atoms in total. The van der Waals surface area contributed by atoms with E-state index in [1.807, 2.05) is 19.0 Å². The standard InChI is InChI=1S/C7H10N2OS2/c1-8(2)4-5-6(10)9(3)7(11)12-5/h4H,1-3H3/b5-4+. The number of rotatable bonds is 1. The van der Waals surface area contributed by atoms with Crippen molar-refractivity contribution in [2.75, 3.05) is 21.1 Å². The van der Waals surface area contributed by atoms with E-state index < -0.39 is 0 Å². The summed E-state index contributed by atoms with van der Waals surface area (Å²) < 4.78 is 0.619. The van der Waals surface area contributed by atoms with Crippen molar-refractivity contribution in [2.45, 2.75) is 0 Å². The van der Waals surface area contributed by atoms with Gasteiger partial charge in [0.2, 0.25) is 0 Å². The summed E-state index contributed by atoms with van der Waals surface area (Å²) in [5, 5.41) is 0. The number of nitrogens with zero attached hydrogens (tertiary/aromatic N) is 2. The minimum atomic E-state index is -0.0151. The number of carbonyl (C=O) groups excluding carboxylic acids is 1. The number of hydrogen-bond acceptors (Lipinski definition) is 4. The summed E-state index contributed by atoms with van der Waals surface area (Å²) in [7, 11) is 5.44. The van der Waals surface area contributed by atoms with Crippen molar-refractivity contribution in [1.29, 1.82) is 0 Å². The van der Waals surface area contributed by atoms with E-state index in [4.69, 9.17) is 12.2 Å². The molecule has 0 aromatic heterocycles. The van der Waals surface area contributed by atoms with Gasteiger partial charge in [0.25, 0.3) is 5.91 Å². The zero-order chi connectivity index (χ0) is 9.30. The van der Waals surface area contributed by atoms with E-state index in [0.29, 0.717) is 9.23 Å². The first-order valence-electron chi connectivity index (χ1n) is 3.40. The molecule has 1 aliphatic rings. The molecule has 1 heterocycles. The molecule has 0 N–H and O–H groups in total. The monoisotopic (exact) mass is 202 g/mol. The highest BCUT2D eigenvalue weighted by Gasteiger charge is 2.28. The second-order valence-corrected chi connectivity index (χ2v) is 4.36. The Balaban J connectivity index is 2.85. The molecule has 1 aliphatic heterocycles. The van der Waals surface area contributed by atoms with Crippen LogP contribution in [0.1, 0.15) is 0 Å². The van der Waals surface area contributed by atoms with Gasteiger partial charge in [-0.15, -0.1) is 0 Å². The van der Waals surface area contributed by atoms with E-state index in [1.54, 1.807) is 13.2 Å². The smallest absolute Gasteiger partial charge is 0.267 e. The number of thioether (sulfide) groups is 1. The first kappa shape index (κ1) is 9.54. The summed E-state index contributed by atoms with van der Waals surface area (Å²) in [4.78, 5) is 15.4. The predicted octanol–water partition coefficient (Wildman–Crippen LogP) is 0.880. The van der Waals surface area contributed by atoms with Gasteiger partial charge in [0, 0.05) is 27.3 Å². The fraction of sp³-hybridized carbons (Fsp3) is 0.429. The Kier molecular flexibility index (Phi) is 2.74. The van der Waals surface area contributed by atoms with Crippen molar-refractivity contribution in [3.05, 3.63) is 11.1 Å². The van der Waals surface area contributed by atoms with Crippen LogP contribution in [0.15, 0.2) is 11.1 Å². The van der Waals surface area contributed by atoms with Crippen molar-refractivity contribution < 1.29 is 4.79 Å². The van der Waals surface area contributed by atoms with E-state index in [-0.39, 0.29) is 5.91 Å². The number of likely N-dealkylation sites (N-methyl/N-ethyl adjacent to an activating group) is 1. The van der Waals surface area contributed by atoms with E-state index >= 15 is 0 Å². The van der Waals surface area contributed by atoms with Gasteiger partial charge in [-0.1, -0.05) is 24.0 Å². The van der Waals surface area contributed by atoms with E-state index in [2.05, 4.69) is 0 Å². The van der Waals surface area contributed by atoms with Gasteiger partial charge >= 0.3 is 0 Å². The molecule has 1 fully saturated rings. The molecule has 0 radical (unpaired) electrons. The van der Waals surface area contributed by atoms with Gasteiger partial charge in [0.05, 0.1) is 4.91 Å². The highest BCUT2D eigenvalue weighted by atomic mass is 32.2. The van der Waals surface area contributed by atoms with Crippen LogP contribution in [0.3, 0.4) is 0 Å². The van der Waals surface area contributed by atoms with Gasteiger partial charge < -0.3 is 4.90 Å². The molecule has 1 saturated heterocycles. The molecule has 0 spiro atoms. The molecular formula is C7H10N2OS2. The normalized spacial score (nSPS) is 20.9. The lowest BCUT2D eigenvalue weighted by Crippen LogP contribution is -2.22. The quantitative estimate of drug-likeness (QED) is 0.465. The molecular weight excluding hydrogens is 192 g/mol. The van der Waals surface area contributed by atoms with Crippen LogP contribution in [0.5, 0.6) is 0 Å². The maximum absolute atomic E-state index is 11.4. The maximum atomic E-state index is 11.4. The van der Waals surface area contributed by atoms with Gasteiger partial charge in [-0.25, -0.2) is 0 Å². The van der Waals surface area contributed by atoms with Crippen molar-refractivity contribution in [1.82, 2.24) is 9.80 Å². The molecule has 0 unspecified atom stereocenters. The lowest BCUT2D eigenvalue weighted by atomic mass is 10.5. The second-order valence-electron chi connectivity index (χ2n) is 2.69. The number of thiocarbonyl (C=S) groups is 1. The molecule has 0 bridgehead atoms. The van der Waals surface area contributed by atoms with Crippen LogP contribution in [0, 0.1) is 0 Å². The van der Waals surface area contributed by atoms with Crippen LogP contribution in [0.25, 0.3) is 0 Å². The molecule has 1 amide bonds. The summed E-state index contributed by atoms with van der Waals surface area (Å²) in [6.45, 7) is 0. The topological polar surface area (TPSA) is 23.6 Å². The number of amides is 1. The molecule has 12 heavy (non-hydrogen) atoms. The van der Waals surface area contributed by atoms with Crippen LogP contribution >= 0.6 is 24.0 Å². The average Bonchev–Trinajstić information content (AvgIpc) is 2.17. The van der Waals surface area contributed by atoms with Crippen LogP contribution in [-0.2, 0) is 4.79 Å². The third kappa shape index (κ3) is 1.78. The number of carbonyl (C=O) groups is 1. The Morgan fingerprint density at radius 3 is 2.50 bits per heavy atom. The van der Waals surface area contributed by atoms with Gasteiger partial charge in [-0.3, -0.25) is 9.69 Å². The van der Waals surface area contributed by atoms with Gasteiger partial charge in [0.1, 0.15) is 4.32 Å². The number of hydrogen-bond donors (Lipinski definition) is 0. The van der Waals surface area contributed by atoms with Crippen molar-refractivity contribution in [3.8, 4) is 0 Å². The highest BCUT2D eigenvalue weighted by Crippen LogP contribution is 2.29. The predicted molar refractivity (Wildman–Crippen MR) is 54.7 cm³/mol. The van der Waals surface area contributed by atoms with Crippen LogP contribution < -0.4 is 0 Å². The molecule has 0 saturated carbocycles. The third-order valence-electron chi connectivity index (χ3n) is 1.36. The Hall–Kier alpha value is -0.550. The van der Waals surface area contributed by atoms with Crippen molar-refractivity contribution >= 4 is 34.2 Å². The Labute approximate surface area is 81.4 Å². The van der Waals surface area contributed by atoms with Gasteiger partial charge in [-0.05, 0) is 0 Å². The molecule has 66 valence electrons. The Morgan fingerprint density at radius 1 is 1.58 bits per heavy atom. The first-order valence-corrected chi connectivity index (χ1v) is 4.63. The Morgan fingerprint density at radius 2 is 2.17 bits per heavy atom. The molecule has 0 aliphatic carbocycles. The fourth-order valence-electron chi connectivity index (χ4n) is 0.770. The Bertz CT molecular complexity index is 260. The zero-order valence-corrected chi connectivity index (χ0v) is 8.83. The van der Waals surface area contributed by atoms with Crippen LogP contribution in [0.2, 0.25) is 0 Å². The SMILES string of the molecule is CN(C)/C=C1/SC(=S)N(C)C1=O. The lowest BCUT2D eigenvalue weighted by Gasteiger charge is -2.05. The molecule has 0 atom stereocenters. The summed E-state index contributed by atoms with van der Waals surface area (Å²) in [6, 6.07) is 0. The van der Waals surface area contributed by atoms with Gasteiger partial charge in [-0.2, -0.15) is 0 Å². The second kappa shape index (κ2) is 3.45. The van der Waals surface area contributed by atoms with Crippen molar-refractivity contribution in [3.63, 3.8) is 0 Å². The van der Waals surface area contributed by atoms with E-state index in [9.17, 15) is 4.79 Å². The molecule has 0 aromatic rings. The lowest BCUT2D eigenvalue weighted by molar-refractivity contribution is -0.121. The largest absolute Gasteiger partial charge is 0.382 e. The fourth-order valence-corrected chi connectivity index (χ4v) is 2.02. The summed E-state index contributed by atoms with van der Waals surface area (Å²) in [5.74, 6) is -0.0151. The van der Waals surface area contributed by atoms with E-state index in [0.717, 1.165) is 0 Å².